The van der Waals surface area contributed by atoms with Crippen LogP contribution in [0.2, 0.25) is 0 Å². The number of rotatable bonds is 10. The van der Waals surface area contributed by atoms with Crippen LogP contribution < -0.4 is 0 Å². The Morgan fingerprint density at radius 2 is 1.38 bits per heavy atom. The largest absolute Gasteiger partial charge is 0.370 e. The summed E-state index contributed by atoms with van der Waals surface area (Å²) in [5.74, 6) is 0. The van der Waals surface area contributed by atoms with Gasteiger partial charge in [0.15, 0.2) is 0 Å². The molecule has 0 aromatic rings. The van der Waals surface area contributed by atoms with Crippen molar-refractivity contribution in [3.05, 3.63) is 36.5 Å². The summed E-state index contributed by atoms with van der Waals surface area (Å²) in [7, 11) is 0. The molecule has 0 N–H and O–H groups in total. The van der Waals surface area contributed by atoms with Gasteiger partial charge in [0.2, 0.25) is 0 Å². The van der Waals surface area contributed by atoms with Crippen molar-refractivity contribution in [2.45, 2.75) is 64.6 Å². The van der Waals surface area contributed by atoms with E-state index in [1.165, 1.54) is 0 Å². The number of ether oxygens (including phenoxy) is 1. The minimum atomic E-state index is 0.194. The summed E-state index contributed by atoms with van der Waals surface area (Å²) in [5, 5.41) is 0.194. The minimum Gasteiger partial charge on any atom is -0.370 e. The van der Waals surface area contributed by atoms with Gasteiger partial charge in [-0.15, -0.1) is 23.2 Å². The molecular weight excluding hydrogens is 347 g/mol. The minimum absolute atomic E-state index is 0.194. The van der Waals surface area contributed by atoms with Gasteiger partial charge in [0.25, 0.3) is 0 Å². The Labute approximate surface area is 156 Å². The molecule has 0 aromatic heterocycles. The van der Waals surface area contributed by atoms with Gasteiger partial charge >= 0.3 is 0 Å². The molecule has 1 fully saturated rings. The van der Waals surface area contributed by atoms with E-state index in [2.05, 4.69) is 26.0 Å². The van der Waals surface area contributed by atoms with Crippen LogP contribution in [-0.2, 0) is 14.3 Å². The normalized spacial score (nSPS) is 18.8. The molecule has 1 heterocycles. The molecule has 0 spiro atoms. The molecule has 1 saturated heterocycles. The van der Waals surface area contributed by atoms with Crippen molar-refractivity contribution in [1.29, 1.82) is 0 Å². The van der Waals surface area contributed by atoms with Crippen molar-refractivity contribution >= 4 is 35.8 Å². The molecule has 5 heteroatoms. The molecule has 1 aliphatic rings. The molecule has 0 radical (unpaired) electrons. The molecule has 138 valence electrons. The van der Waals surface area contributed by atoms with Gasteiger partial charge in [0, 0.05) is 0 Å². The Morgan fingerprint density at radius 1 is 0.833 bits per heavy atom. The number of halogens is 2. The third-order valence-electron chi connectivity index (χ3n) is 3.04. The smallest absolute Gasteiger partial charge is 0.142 e. The number of hydrogen-bond donors (Lipinski definition) is 0. The standard InChI is InChI=1S/C9H14O2.C9H14O.CH2Cl2/c1-2-8-9(11-8)6-4-3-5-7-10;1-2-3-4-5-6-7-8-9-10;2-1-3/h3,5,7-9H,2,4,6H2,1H3;3-4,7-9H,2,5-6H2,1H3;1H2/b5-3+;4-3-,8-7+;. The van der Waals surface area contributed by atoms with Gasteiger partial charge in [-0.3, -0.25) is 9.59 Å². The SMILES string of the molecule is CC/C=C\CC/C=C/C=O.CCC1OC1CC/C=C/C=O.ClCCl. The van der Waals surface area contributed by atoms with Crippen molar-refractivity contribution in [2.24, 2.45) is 0 Å². The summed E-state index contributed by atoms with van der Waals surface area (Å²) >= 11 is 9.53. The Kier molecular flexibility index (Phi) is 23.3. The highest BCUT2D eigenvalue weighted by atomic mass is 35.5. The quantitative estimate of drug-likeness (QED) is 0.124. The molecular formula is C19H30Cl2O3. The first-order chi connectivity index (χ1) is 11.7. The van der Waals surface area contributed by atoms with Gasteiger partial charge in [-0.1, -0.05) is 38.2 Å². The van der Waals surface area contributed by atoms with Crippen LogP contribution in [0.4, 0.5) is 0 Å². The zero-order valence-corrected chi connectivity index (χ0v) is 16.2. The van der Waals surface area contributed by atoms with Crippen LogP contribution in [0.1, 0.15) is 52.4 Å². The second-order valence-corrected chi connectivity index (χ2v) is 5.69. The Balaban J connectivity index is 0. The predicted molar refractivity (Wildman–Crippen MR) is 104 cm³/mol. The summed E-state index contributed by atoms with van der Waals surface area (Å²) in [4.78, 5) is 19.7. The number of aldehydes is 2. The van der Waals surface area contributed by atoms with Gasteiger partial charge in [-0.25, -0.2) is 0 Å². The fraction of sp³-hybridized carbons (Fsp3) is 0.579. The number of carbonyl (C=O) groups is 2. The van der Waals surface area contributed by atoms with E-state index >= 15 is 0 Å². The third kappa shape index (κ3) is 21.1. The maximum Gasteiger partial charge on any atom is 0.142 e. The lowest BCUT2D eigenvalue weighted by Gasteiger charge is -1.86. The highest BCUT2D eigenvalue weighted by Gasteiger charge is 2.35. The van der Waals surface area contributed by atoms with Gasteiger partial charge in [0.1, 0.15) is 12.6 Å². The average Bonchev–Trinajstić information content (AvgIpc) is 3.35. The number of alkyl halides is 2. The molecule has 1 aliphatic heterocycles. The molecule has 1 rings (SSSR count). The van der Waals surface area contributed by atoms with Crippen molar-refractivity contribution in [3.8, 4) is 0 Å². The van der Waals surface area contributed by atoms with Crippen molar-refractivity contribution in [1.82, 2.24) is 0 Å². The number of carbonyl (C=O) groups excluding carboxylic acids is 2. The Hall–Kier alpha value is -0.900. The van der Waals surface area contributed by atoms with Crippen molar-refractivity contribution in [3.63, 3.8) is 0 Å². The number of hydrogen-bond acceptors (Lipinski definition) is 3. The van der Waals surface area contributed by atoms with E-state index in [-0.39, 0.29) is 5.34 Å². The lowest BCUT2D eigenvalue weighted by Crippen LogP contribution is -1.90. The maximum atomic E-state index is 9.87. The van der Waals surface area contributed by atoms with E-state index in [4.69, 9.17) is 27.9 Å². The van der Waals surface area contributed by atoms with E-state index in [0.29, 0.717) is 12.2 Å². The molecule has 3 nitrogen and oxygen atoms in total. The Bertz CT molecular complexity index is 366. The van der Waals surface area contributed by atoms with Gasteiger partial charge in [-0.2, -0.15) is 0 Å². The third-order valence-corrected chi connectivity index (χ3v) is 3.04. The molecule has 2 atom stereocenters. The summed E-state index contributed by atoms with van der Waals surface area (Å²) in [6, 6.07) is 0. The number of allylic oxidation sites excluding steroid dienone is 6. The first kappa shape index (κ1) is 25.3. The molecule has 0 aromatic carbocycles. The zero-order chi connectivity index (χ0) is 18.5. The highest BCUT2D eigenvalue weighted by molar-refractivity contribution is 6.40. The van der Waals surface area contributed by atoms with Crippen molar-refractivity contribution < 1.29 is 14.3 Å². The molecule has 0 bridgehead atoms. The van der Waals surface area contributed by atoms with Crippen LogP contribution in [0.15, 0.2) is 36.5 Å². The first-order valence-corrected chi connectivity index (χ1v) is 9.41. The Morgan fingerprint density at radius 3 is 1.83 bits per heavy atom. The first-order valence-electron chi connectivity index (χ1n) is 8.34. The highest BCUT2D eigenvalue weighted by Crippen LogP contribution is 2.28. The summed E-state index contributed by atoms with van der Waals surface area (Å²) in [5.41, 5.74) is 0. The van der Waals surface area contributed by atoms with Crippen LogP contribution >= 0.6 is 23.2 Å². The van der Waals surface area contributed by atoms with Gasteiger partial charge in [-0.05, 0) is 50.7 Å². The lowest BCUT2D eigenvalue weighted by molar-refractivity contribution is -0.104. The molecule has 2 unspecified atom stereocenters. The van der Waals surface area contributed by atoms with Crippen LogP contribution in [-0.4, -0.2) is 30.1 Å². The van der Waals surface area contributed by atoms with E-state index in [1.807, 2.05) is 12.2 Å². The molecule has 0 amide bonds. The summed E-state index contributed by atoms with van der Waals surface area (Å²) in [6.45, 7) is 4.24. The molecule has 0 aliphatic carbocycles. The predicted octanol–water partition coefficient (Wildman–Crippen LogP) is 5.61. The van der Waals surface area contributed by atoms with Gasteiger partial charge < -0.3 is 4.74 Å². The van der Waals surface area contributed by atoms with E-state index in [9.17, 15) is 9.59 Å². The van der Waals surface area contributed by atoms with Crippen molar-refractivity contribution in [2.75, 3.05) is 5.34 Å². The number of epoxide rings is 1. The topological polar surface area (TPSA) is 46.7 Å². The molecule has 0 saturated carbocycles. The monoisotopic (exact) mass is 376 g/mol. The maximum absolute atomic E-state index is 9.87. The average molecular weight is 377 g/mol. The fourth-order valence-electron chi connectivity index (χ4n) is 1.83. The van der Waals surface area contributed by atoms with E-state index in [0.717, 1.165) is 51.1 Å². The zero-order valence-electron chi connectivity index (χ0n) is 14.7. The van der Waals surface area contributed by atoms with Crippen LogP contribution in [0.25, 0.3) is 0 Å². The fourth-order valence-corrected chi connectivity index (χ4v) is 1.83. The second-order valence-electron chi connectivity index (χ2n) is 4.89. The van der Waals surface area contributed by atoms with Crippen LogP contribution in [0.3, 0.4) is 0 Å². The van der Waals surface area contributed by atoms with Gasteiger partial charge in [0.05, 0.1) is 17.5 Å². The van der Waals surface area contributed by atoms with Crippen LogP contribution in [0, 0.1) is 0 Å². The van der Waals surface area contributed by atoms with Crippen LogP contribution in [0.5, 0.6) is 0 Å². The van der Waals surface area contributed by atoms with E-state index in [1.54, 1.807) is 12.2 Å². The summed E-state index contributed by atoms with van der Waals surface area (Å²) in [6.07, 6.45) is 19.9. The second kappa shape index (κ2) is 22.1. The van der Waals surface area contributed by atoms with E-state index < -0.39 is 0 Å². The number of unbranched alkanes of at least 4 members (excludes halogenated alkanes) is 1. The summed E-state index contributed by atoms with van der Waals surface area (Å²) < 4.78 is 5.32. The molecule has 24 heavy (non-hydrogen) atoms. The lowest BCUT2D eigenvalue weighted by atomic mass is 10.1.